The SMILES string of the molecule is CNCc1cccc2ccn(COCC(F)(F)F)c12. The Morgan fingerprint density at radius 1 is 1.26 bits per heavy atom. The molecule has 0 saturated carbocycles. The van der Waals surface area contributed by atoms with E-state index in [1.165, 1.54) is 0 Å². The molecule has 6 heteroatoms. The van der Waals surface area contributed by atoms with Crippen LogP contribution in [0.1, 0.15) is 5.56 Å². The van der Waals surface area contributed by atoms with Gasteiger partial charge in [0.25, 0.3) is 0 Å². The van der Waals surface area contributed by atoms with E-state index in [1.807, 2.05) is 31.3 Å². The van der Waals surface area contributed by atoms with E-state index in [4.69, 9.17) is 4.74 Å². The van der Waals surface area contributed by atoms with Crippen LogP contribution in [0.25, 0.3) is 10.9 Å². The van der Waals surface area contributed by atoms with Gasteiger partial charge in [0.15, 0.2) is 0 Å². The normalized spacial score (nSPS) is 12.2. The summed E-state index contributed by atoms with van der Waals surface area (Å²) in [4.78, 5) is 0. The molecule has 0 aliphatic heterocycles. The number of fused-ring (bicyclic) bond motifs is 1. The summed E-state index contributed by atoms with van der Waals surface area (Å²) in [6, 6.07) is 7.66. The van der Waals surface area contributed by atoms with Gasteiger partial charge < -0.3 is 14.6 Å². The van der Waals surface area contributed by atoms with E-state index in [1.54, 1.807) is 10.8 Å². The molecule has 0 saturated heterocycles. The zero-order valence-electron chi connectivity index (χ0n) is 10.5. The quantitative estimate of drug-likeness (QED) is 0.905. The Labute approximate surface area is 109 Å². The van der Waals surface area contributed by atoms with Gasteiger partial charge >= 0.3 is 6.18 Å². The predicted molar refractivity (Wildman–Crippen MR) is 66.7 cm³/mol. The number of nitrogens with one attached hydrogen (secondary N) is 1. The number of halogens is 3. The van der Waals surface area contributed by atoms with Gasteiger partial charge in [-0.05, 0) is 24.1 Å². The molecule has 1 heterocycles. The highest BCUT2D eigenvalue weighted by molar-refractivity contribution is 5.83. The number of nitrogens with zero attached hydrogens (tertiary/aromatic N) is 1. The van der Waals surface area contributed by atoms with E-state index < -0.39 is 12.8 Å². The molecule has 0 radical (unpaired) electrons. The number of aromatic nitrogens is 1. The van der Waals surface area contributed by atoms with Crippen LogP contribution in [0.5, 0.6) is 0 Å². The molecule has 0 fully saturated rings. The third-order valence-electron chi connectivity index (χ3n) is 2.74. The number of rotatable bonds is 5. The summed E-state index contributed by atoms with van der Waals surface area (Å²) < 4.78 is 42.6. The molecule has 0 amide bonds. The van der Waals surface area contributed by atoms with Gasteiger partial charge in [0.05, 0.1) is 5.52 Å². The maximum absolute atomic E-state index is 12.1. The van der Waals surface area contributed by atoms with Crippen molar-refractivity contribution in [2.75, 3.05) is 13.7 Å². The summed E-state index contributed by atoms with van der Waals surface area (Å²) in [5.74, 6) is 0. The Bertz CT molecular complexity index is 548. The van der Waals surface area contributed by atoms with Gasteiger partial charge in [0.2, 0.25) is 0 Å². The van der Waals surface area contributed by atoms with E-state index >= 15 is 0 Å². The molecular weight excluding hydrogens is 257 g/mol. The van der Waals surface area contributed by atoms with Crippen molar-refractivity contribution in [3.05, 3.63) is 36.0 Å². The van der Waals surface area contributed by atoms with Crippen LogP contribution >= 0.6 is 0 Å². The number of para-hydroxylation sites is 1. The lowest BCUT2D eigenvalue weighted by molar-refractivity contribution is -0.181. The van der Waals surface area contributed by atoms with E-state index in [0.29, 0.717) is 6.54 Å². The topological polar surface area (TPSA) is 26.2 Å². The van der Waals surface area contributed by atoms with Crippen molar-refractivity contribution in [2.24, 2.45) is 0 Å². The van der Waals surface area contributed by atoms with Gasteiger partial charge in [-0.2, -0.15) is 13.2 Å². The first-order valence-corrected chi connectivity index (χ1v) is 5.87. The second-order valence-electron chi connectivity index (χ2n) is 4.26. The van der Waals surface area contributed by atoms with Crippen LogP contribution in [-0.4, -0.2) is 24.4 Å². The minimum Gasteiger partial charge on any atom is -0.351 e. The molecule has 0 aliphatic carbocycles. The first-order chi connectivity index (χ1) is 9.01. The van der Waals surface area contributed by atoms with Crippen LogP contribution in [-0.2, 0) is 18.0 Å². The molecule has 0 spiro atoms. The van der Waals surface area contributed by atoms with Gasteiger partial charge in [-0.25, -0.2) is 0 Å². The van der Waals surface area contributed by atoms with Crippen LogP contribution in [0.3, 0.4) is 0 Å². The van der Waals surface area contributed by atoms with Crippen molar-refractivity contribution in [2.45, 2.75) is 19.5 Å². The maximum atomic E-state index is 12.1. The molecule has 3 nitrogen and oxygen atoms in total. The Hall–Kier alpha value is -1.53. The van der Waals surface area contributed by atoms with Crippen LogP contribution < -0.4 is 5.32 Å². The van der Waals surface area contributed by atoms with Gasteiger partial charge in [-0.15, -0.1) is 0 Å². The van der Waals surface area contributed by atoms with Crippen molar-refractivity contribution in [1.29, 1.82) is 0 Å². The lowest BCUT2D eigenvalue weighted by atomic mass is 10.1. The monoisotopic (exact) mass is 272 g/mol. The molecule has 0 aliphatic rings. The summed E-state index contributed by atoms with van der Waals surface area (Å²) in [5, 5.41) is 4.03. The van der Waals surface area contributed by atoms with Gasteiger partial charge in [0, 0.05) is 12.7 Å². The Morgan fingerprint density at radius 3 is 2.74 bits per heavy atom. The van der Waals surface area contributed by atoms with E-state index in [0.717, 1.165) is 16.5 Å². The Kier molecular flexibility index (Phi) is 4.11. The number of hydrogen-bond donors (Lipinski definition) is 1. The van der Waals surface area contributed by atoms with Crippen molar-refractivity contribution in [3.63, 3.8) is 0 Å². The number of alkyl halides is 3. The summed E-state index contributed by atoms with van der Waals surface area (Å²) in [6.45, 7) is -0.689. The van der Waals surface area contributed by atoms with E-state index in [-0.39, 0.29) is 6.73 Å². The van der Waals surface area contributed by atoms with Crippen LogP contribution in [0, 0.1) is 0 Å². The maximum Gasteiger partial charge on any atom is 0.411 e. The average Bonchev–Trinajstić information content (AvgIpc) is 2.73. The standard InChI is InChI=1S/C13H15F3N2O/c1-17-7-11-4-2-3-10-5-6-18(12(10)11)9-19-8-13(14,15)16/h2-6,17H,7-9H2,1H3. The second kappa shape index (κ2) is 5.63. The molecule has 1 N–H and O–H groups in total. The molecule has 1 aromatic carbocycles. The lowest BCUT2D eigenvalue weighted by Crippen LogP contribution is -2.18. The highest BCUT2D eigenvalue weighted by atomic mass is 19.4. The second-order valence-corrected chi connectivity index (χ2v) is 4.26. The fourth-order valence-corrected chi connectivity index (χ4v) is 2.04. The molecule has 19 heavy (non-hydrogen) atoms. The van der Waals surface area contributed by atoms with Gasteiger partial charge in [-0.3, -0.25) is 0 Å². The molecule has 2 aromatic rings. The van der Waals surface area contributed by atoms with Crippen molar-refractivity contribution in [1.82, 2.24) is 9.88 Å². The number of benzene rings is 1. The molecule has 104 valence electrons. The highest BCUT2D eigenvalue weighted by Crippen LogP contribution is 2.21. The van der Waals surface area contributed by atoms with Crippen LogP contribution in [0.4, 0.5) is 13.2 Å². The van der Waals surface area contributed by atoms with Crippen molar-refractivity contribution >= 4 is 10.9 Å². The molecule has 2 rings (SSSR count). The third kappa shape index (κ3) is 3.48. The summed E-state index contributed by atoms with van der Waals surface area (Å²) in [6.07, 6.45) is -2.56. The highest BCUT2D eigenvalue weighted by Gasteiger charge is 2.27. The Balaban J connectivity index is 2.19. The molecule has 0 unspecified atom stereocenters. The first kappa shape index (κ1) is 13.9. The summed E-state index contributed by atoms with van der Waals surface area (Å²) in [5.41, 5.74) is 1.93. The fourth-order valence-electron chi connectivity index (χ4n) is 2.04. The zero-order valence-corrected chi connectivity index (χ0v) is 10.5. The smallest absolute Gasteiger partial charge is 0.351 e. The zero-order chi connectivity index (χ0) is 13.9. The number of hydrogen-bond acceptors (Lipinski definition) is 2. The fraction of sp³-hybridized carbons (Fsp3) is 0.385. The van der Waals surface area contributed by atoms with Gasteiger partial charge in [-0.1, -0.05) is 18.2 Å². The predicted octanol–water partition coefficient (Wildman–Crippen LogP) is 2.90. The molecule has 0 bridgehead atoms. The third-order valence-corrected chi connectivity index (χ3v) is 2.74. The number of ether oxygens (including phenoxy) is 1. The van der Waals surface area contributed by atoms with Crippen LogP contribution in [0.2, 0.25) is 0 Å². The van der Waals surface area contributed by atoms with E-state index in [2.05, 4.69) is 5.32 Å². The summed E-state index contributed by atoms with van der Waals surface area (Å²) >= 11 is 0. The molecule has 0 atom stereocenters. The summed E-state index contributed by atoms with van der Waals surface area (Å²) in [7, 11) is 1.83. The minimum absolute atomic E-state index is 0.107. The molecule has 1 aromatic heterocycles. The minimum atomic E-state index is -4.29. The Morgan fingerprint density at radius 2 is 2.05 bits per heavy atom. The van der Waals surface area contributed by atoms with Crippen molar-refractivity contribution in [3.8, 4) is 0 Å². The van der Waals surface area contributed by atoms with Gasteiger partial charge in [0.1, 0.15) is 13.3 Å². The molecular formula is C13H15F3N2O. The van der Waals surface area contributed by atoms with Crippen LogP contribution in [0.15, 0.2) is 30.5 Å². The van der Waals surface area contributed by atoms with E-state index in [9.17, 15) is 13.2 Å². The average molecular weight is 272 g/mol. The first-order valence-electron chi connectivity index (χ1n) is 5.87. The lowest BCUT2D eigenvalue weighted by Gasteiger charge is -2.11. The van der Waals surface area contributed by atoms with Crippen molar-refractivity contribution < 1.29 is 17.9 Å². The largest absolute Gasteiger partial charge is 0.411 e.